The summed E-state index contributed by atoms with van der Waals surface area (Å²) >= 11 is 0. The highest BCUT2D eigenvalue weighted by Crippen LogP contribution is 2.24. The number of aromatic hydroxyl groups is 1. The second-order valence-electron chi connectivity index (χ2n) is 6.04. The largest absolute Gasteiger partial charge is 0.505 e. The molecule has 0 saturated heterocycles. The van der Waals surface area contributed by atoms with Gasteiger partial charge in [0.05, 0.1) is 6.61 Å². The number of benzene rings is 1. The second-order valence-corrected chi connectivity index (χ2v) is 6.04. The lowest BCUT2D eigenvalue weighted by molar-refractivity contribution is 0.0936. The van der Waals surface area contributed by atoms with Crippen molar-refractivity contribution in [3.8, 4) is 5.75 Å². The number of carbonyl (C=O) groups is 2. The lowest BCUT2D eigenvalue weighted by atomic mass is 10.1. The molecule has 0 aliphatic carbocycles. The zero-order chi connectivity index (χ0) is 20.8. The first kappa shape index (κ1) is 20.0. The molecule has 1 amide bonds. The first-order chi connectivity index (χ1) is 14.0. The number of ether oxygens (including phenoxy) is 1. The van der Waals surface area contributed by atoms with Crippen LogP contribution in [0.15, 0.2) is 57.9 Å². The van der Waals surface area contributed by atoms with Crippen molar-refractivity contribution in [2.45, 2.75) is 0 Å². The molecule has 8 nitrogen and oxygen atoms in total. The number of nitrogens with one attached hydrogen (secondary N) is 1. The fourth-order valence-corrected chi connectivity index (χ4v) is 2.64. The van der Waals surface area contributed by atoms with E-state index in [0.717, 1.165) is 6.08 Å². The first-order valence-electron chi connectivity index (χ1n) is 8.71. The highest BCUT2D eigenvalue weighted by atomic mass is 16.5. The Morgan fingerprint density at radius 3 is 2.90 bits per heavy atom. The van der Waals surface area contributed by atoms with Crippen molar-refractivity contribution in [1.82, 2.24) is 10.3 Å². The van der Waals surface area contributed by atoms with E-state index in [-0.39, 0.29) is 17.0 Å². The number of aromatic nitrogens is 1. The van der Waals surface area contributed by atoms with Gasteiger partial charge in [-0.05, 0) is 35.9 Å². The standard InChI is InChI=1S/C21H18N2O6/c1-28-11-10-23-20(26)14-5-2-4-13(12-14)7-8-15(24)17-19(25)18-16(29-21(17)27)6-3-9-22-18/h2-9,12,25H,10-11H2,1H3,(H,23,26)/b8-7+. The van der Waals surface area contributed by atoms with Crippen LogP contribution in [0.4, 0.5) is 0 Å². The van der Waals surface area contributed by atoms with Crippen LogP contribution in [0.2, 0.25) is 0 Å². The van der Waals surface area contributed by atoms with Crippen LogP contribution in [0, 0.1) is 0 Å². The minimum absolute atomic E-state index is 0.0265. The molecule has 0 aliphatic heterocycles. The zero-order valence-electron chi connectivity index (χ0n) is 15.5. The molecule has 2 aromatic heterocycles. The van der Waals surface area contributed by atoms with E-state index < -0.39 is 22.7 Å². The Morgan fingerprint density at radius 1 is 1.28 bits per heavy atom. The number of fused-ring (bicyclic) bond motifs is 1. The summed E-state index contributed by atoms with van der Waals surface area (Å²) in [6, 6.07) is 9.61. The van der Waals surface area contributed by atoms with Crippen molar-refractivity contribution >= 4 is 28.9 Å². The van der Waals surface area contributed by atoms with Crippen molar-refractivity contribution in [2.24, 2.45) is 0 Å². The number of pyridine rings is 1. The van der Waals surface area contributed by atoms with Crippen LogP contribution in [-0.4, -0.2) is 42.0 Å². The van der Waals surface area contributed by atoms with Crippen molar-refractivity contribution in [3.63, 3.8) is 0 Å². The fraction of sp³-hybridized carbons (Fsp3) is 0.143. The number of amides is 1. The van der Waals surface area contributed by atoms with Gasteiger partial charge in [-0.3, -0.25) is 9.59 Å². The maximum Gasteiger partial charge on any atom is 0.351 e. The highest BCUT2D eigenvalue weighted by Gasteiger charge is 2.19. The third-order valence-corrected chi connectivity index (χ3v) is 4.05. The van der Waals surface area contributed by atoms with E-state index in [1.165, 1.54) is 18.3 Å². The van der Waals surface area contributed by atoms with Crippen LogP contribution in [0.1, 0.15) is 26.3 Å². The minimum Gasteiger partial charge on any atom is -0.505 e. The number of rotatable bonds is 7. The minimum atomic E-state index is -0.955. The Morgan fingerprint density at radius 2 is 2.10 bits per heavy atom. The van der Waals surface area contributed by atoms with Gasteiger partial charge in [-0.25, -0.2) is 9.78 Å². The summed E-state index contributed by atoms with van der Waals surface area (Å²) in [4.78, 5) is 40.6. The van der Waals surface area contributed by atoms with E-state index in [0.29, 0.717) is 24.3 Å². The van der Waals surface area contributed by atoms with E-state index in [1.807, 2.05) is 0 Å². The number of ketones is 1. The SMILES string of the molecule is COCCNC(=O)c1cccc(/C=C/C(=O)c2c(O)c3ncccc3oc2=O)c1. The van der Waals surface area contributed by atoms with Gasteiger partial charge < -0.3 is 19.6 Å². The molecule has 8 heteroatoms. The molecule has 0 aliphatic rings. The van der Waals surface area contributed by atoms with Gasteiger partial charge in [0, 0.05) is 25.4 Å². The molecule has 0 bridgehead atoms. The van der Waals surface area contributed by atoms with Gasteiger partial charge in [0.1, 0.15) is 5.52 Å². The average molecular weight is 394 g/mol. The molecule has 0 saturated carbocycles. The molecule has 148 valence electrons. The molecular formula is C21H18N2O6. The van der Waals surface area contributed by atoms with Crippen molar-refractivity contribution in [3.05, 3.63) is 75.8 Å². The smallest absolute Gasteiger partial charge is 0.351 e. The number of hydrogen-bond acceptors (Lipinski definition) is 7. The Bertz CT molecular complexity index is 1150. The number of hydrogen-bond donors (Lipinski definition) is 2. The molecule has 0 atom stereocenters. The zero-order valence-corrected chi connectivity index (χ0v) is 15.5. The maximum absolute atomic E-state index is 12.5. The van der Waals surface area contributed by atoms with E-state index in [1.54, 1.807) is 37.4 Å². The van der Waals surface area contributed by atoms with Crippen LogP contribution < -0.4 is 10.9 Å². The molecular weight excluding hydrogens is 376 g/mol. The molecule has 3 rings (SSSR count). The summed E-state index contributed by atoms with van der Waals surface area (Å²) in [5, 5.41) is 13.0. The fourth-order valence-electron chi connectivity index (χ4n) is 2.64. The van der Waals surface area contributed by atoms with Crippen LogP contribution >= 0.6 is 0 Å². The summed E-state index contributed by atoms with van der Waals surface area (Å²) in [6.07, 6.45) is 3.98. The Balaban J connectivity index is 1.83. The molecule has 0 spiro atoms. The number of allylic oxidation sites excluding steroid dienone is 1. The van der Waals surface area contributed by atoms with Gasteiger partial charge in [-0.15, -0.1) is 0 Å². The summed E-state index contributed by atoms with van der Waals surface area (Å²) in [5.74, 6) is -1.54. The Hall–Kier alpha value is -3.78. The number of methoxy groups -OCH3 is 1. The van der Waals surface area contributed by atoms with Gasteiger partial charge in [0.25, 0.3) is 5.91 Å². The summed E-state index contributed by atoms with van der Waals surface area (Å²) in [6.45, 7) is 0.769. The van der Waals surface area contributed by atoms with Gasteiger partial charge >= 0.3 is 5.63 Å². The van der Waals surface area contributed by atoms with Crippen molar-refractivity contribution in [1.29, 1.82) is 0 Å². The quantitative estimate of drug-likeness (QED) is 0.358. The first-order valence-corrected chi connectivity index (χ1v) is 8.71. The predicted octanol–water partition coefficient (Wildman–Crippen LogP) is 2.17. The topological polar surface area (TPSA) is 119 Å². The van der Waals surface area contributed by atoms with E-state index >= 15 is 0 Å². The summed E-state index contributed by atoms with van der Waals surface area (Å²) in [5.41, 5.74) is -0.361. The highest BCUT2D eigenvalue weighted by molar-refractivity contribution is 6.10. The lowest BCUT2D eigenvalue weighted by Crippen LogP contribution is -2.26. The third-order valence-electron chi connectivity index (χ3n) is 4.05. The number of nitrogens with zero attached hydrogens (tertiary/aromatic N) is 1. The Kier molecular flexibility index (Phi) is 6.16. The van der Waals surface area contributed by atoms with Crippen LogP contribution in [0.3, 0.4) is 0 Å². The summed E-state index contributed by atoms with van der Waals surface area (Å²) < 4.78 is 9.93. The van der Waals surface area contributed by atoms with Crippen LogP contribution in [-0.2, 0) is 4.74 Å². The molecule has 0 fully saturated rings. The molecule has 3 aromatic rings. The normalized spacial score (nSPS) is 11.1. The lowest BCUT2D eigenvalue weighted by Gasteiger charge is -2.05. The average Bonchev–Trinajstić information content (AvgIpc) is 2.72. The molecule has 2 N–H and O–H groups in total. The molecule has 0 unspecified atom stereocenters. The van der Waals surface area contributed by atoms with Gasteiger partial charge in [0.2, 0.25) is 0 Å². The van der Waals surface area contributed by atoms with E-state index in [2.05, 4.69) is 10.3 Å². The second kappa shape index (κ2) is 8.94. The van der Waals surface area contributed by atoms with Crippen LogP contribution in [0.25, 0.3) is 17.2 Å². The summed E-state index contributed by atoms with van der Waals surface area (Å²) in [7, 11) is 1.54. The van der Waals surface area contributed by atoms with Crippen molar-refractivity contribution in [2.75, 3.05) is 20.3 Å². The maximum atomic E-state index is 12.5. The van der Waals surface area contributed by atoms with E-state index in [9.17, 15) is 19.5 Å². The predicted molar refractivity (Wildman–Crippen MR) is 106 cm³/mol. The van der Waals surface area contributed by atoms with Crippen molar-refractivity contribution < 1.29 is 23.8 Å². The third kappa shape index (κ3) is 4.56. The molecule has 29 heavy (non-hydrogen) atoms. The molecule has 2 heterocycles. The van der Waals surface area contributed by atoms with Crippen LogP contribution in [0.5, 0.6) is 5.75 Å². The van der Waals surface area contributed by atoms with E-state index in [4.69, 9.17) is 9.15 Å². The molecule has 0 radical (unpaired) electrons. The number of carbonyl (C=O) groups excluding carboxylic acids is 2. The van der Waals surface area contributed by atoms with Gasteiger partial charge in [-0.1, -0.05) is 18.2 Å². The monoisotopic (exact) mass is 394 g/mol. The molecule has 1 aromatic carbocycles. The van der Waals surface area contributed by atoms with Gasteiger partial charge in [0.15, 0.2) is 22.7 Å². The van der Waals surface area contributed by atoms with Gasteiger partial charge in [-0.2, -0.15) is 0 Å². The Labute approximate surface area is 165 Å².